The standard InChI is InChI=1S/C36H29NS/c1-35(2)26-11-6-7-14-30(26)37-31-18-16-23(21-29(31)36(3,4)28-13-9-12-27(35)34(28)37)22-17-19-33-25(20-22)24-10-5-8-15-32(24)38-33/h5-21H,1-4H3. The molecule has 5 aromatic carbocycles. The van der Waals surface area contributed by atoms with Gasteiger partial charge in [-0.05, 0) is 69.8 Å². The third-order valence-electron chi connectivity index (χ3n) is 9.05. The highest BCUT2D eigenvalue weighted by atomic mass is 32.1. The molecule has 0 unspecified atom stereocenters. The Hall–Kier alpha value is -3.88. The van der Waals surface area contributed by atoms with Gasteiger partial charge in [-0.1, -0.05) is 94.4 Å². The molecule has 0 fully saturated rings. The third-order valence-corrected chi connectivity index (χ3v) is 10.2. The highest BCUT2D eigenvalue weighted by Crippen LogP contribution is 2.60. The summed E-state index contributed by atoms with van der Waals surface area (Å²) in [5, 5.41) is 2.70. The van der Waals surface area contributed by atoms with Gasteiger partial charge in [0.1, 0.15) is 0 Å². The van der Waals surface area contributed by atoms with E-state index in [0.29, 0.717) is 0 Å². The van der Waals surface area contributed by atoms with Crippen molar-refractivity contribution in [1.29, 1.82) is 0 Å². The topological polar surface area (TPSA) is 3.24 Å². The summed E-state index contributed by atoms with van der Waals surface area (Å²) in [7, 11) is 0. The number of fused-ring (bicyclic) bond motifs is 7. The van der Waals surface area contributed by atoms with Crippen LogP contribution in [0.1, 0.15) is 49.9 Å². The Labute approximate surface area is 228 Å². The summed E-state index contributed by atoms with van der Waals surface area (Å²) in [6.07, 6.45) is 0. The van der Waals surface area contributed by atoms with Gasteiger partial charge in [-0.25, -0.2) is 0 Å². The lowest BCUT2D eigenvalue weighted by Gasteiger charge is -2.49. The maximum atomic E-state index is 2.53. The Bertz CT molecular complexity index is 1940. The molecule has 3 heterocycles. The largest absolute Gasteiger partial charge is 0.309 e. The normalized spacial score (nSPS) is 16.3. The Kier molecular flexibility index (Phi) is 4.29. The van der Waals surface area contributed by atoms with Crippen molar-refractivity contribution in [3.63, 3.8) is 0 Å². The monoisotopic (exact) mass is 507 g/mol. The Morgan fingerprint density at radius 3 is 1.95 bits per heavy atom. The first-order valence-electron chi connectivity index (χ1n) is 13.5. The summed E-state index contributed by atoms with van der Waals surface area (Å²) in [4.78, 5) is 2.53. The van der Waals surface area contributed by atoms with E-state index >= 15 is 0 Å². The van der Waals surface area contributed by atoms with Crippen molar-refractivity contribution in [3.05, 3.63) is 125 Å². The summed E-state index contributed by atoms with van der Waals surface area (Å²) < 4.78 is 2.70. The first-order valence-corrected chi connectivity index (χ1v) is 14.3. The second-order valence-electron chi connectivity index (χ2n) is 11.8. The van der Waals surface area contributed by atoms with Gasteiger partial charge in [0.05, 0.1) is 17.1 Å². The van der Waals surface area contributed by atoms with Gasteiger partial charge < -0.3 is 4.90 Å². The van der Waals surface area contributed by atoms with E-state index in [9.17, 15) is 0 Å². The van der Waals surface area contributed by atoms with E-state index < -0.39 is 0 Å². The van der Waals surface area contributed by atoms with Gasteiger partial charge in [-0.3, -0.25) is 0 Å². The van der Waals surface area contributed by atoms with Gasteiger partial charge >= 0.3 is 0 Å². The number of para-hydroxylation sites is 2. The zero-order chi connectivity index (χ0) is 25.8. The number of anilines is 3. The van der Waals surface area contributed by atoms with Crippen molar-refractivity contribution in [2.75, 3.05) is 4.90 Å². The van der Waals surface area contributed by atoms with Crippen LogP contribution in [0.5, 0.6) is 0 Å². The zero-order valence-corrected chi connectivity index (χ0v) is 23.0. The van der Waals surface area contributed by atoms with Crippen LogP contribution in [-0.4, -0.2) is 0 Å². The van der Waals surface area contributed by atoms with E-state index in [0.717, 1.165) is 0 Å². The van der Waals surface area contributed by atoms with Gasteiger partial charge in [0, 0.05) is 31.0 Å². The molecule has 0 bridgehead atoms. The summed E-state index contributed by atoms with van der Waals surface area (Å²) in [5.74, 6) is 0. The molecule has 1 aromatic heterocycles. The number of hydrogen-bond acceptors (Lipinski definition) is 2. The number of rotatable bonds is 1. The first kappa shape index (κ1) is 22.1. The lowest BCUT2D eigenvalue weighted by Crippen LogP contribution is -2.38. The van der Waals surface area contributed by atoms with Crippen LogP contribution in [0.25, 0.3) is 31.3 Å². The Morgan fingerprint density at radius 1 is 0.500 bits per heavy atom. The van der Waals surface area contributed by atoms with Gasteiger partial charge in [0.15, 0.2) is 0 Å². The van der Waals surface area contributed by atoms with Crippen LogP contribution in [-0.2, 0) is 10.8 Å². The van der Waals surface area contributed by atoms with Crippen LogP contribution in [0.2, 0.25) is 0 Å². The van der Waals surface area contributed by atoms with Gasteiger partial charge in [0.25, 0.3) is 0 Å². The number of hydrogen-bond donors (Lipinski definition) is 0. The molecule has 8 rings (SSSR count). The molecule has 0 aliphatic carbocycles. The van der Waals surface area contributed by atoms with E-state index in [4.69, 9.17) is 0 Å². The van der Waals surface area contributed by atoms with Crippen molar-refractivity contribution in [3.8, 4) is 11.1 Å². The molecule has 2 heteroatoms. The van der Waals surface area contributed by atoms with Crippen molar-refractivity contribution in [2.24, 2.45) is 0 Å². The summed E-state index contributed by atoms with van der Waals surface area (Å²) in [6, 6.07) is 38.7. The molecular formula is C36H29NS. The van der Waals surface area contributed by atoms with Crippen LogP contribution in [0.4, 0.5) is 17.1 Å². The number of nitrogens with zero attached hydrogens (tertiary/aromatic N) is 1. The predicted octanol–water partition coefficient (Wildman–Crippen LogP) is 10.5. The fourth-order valence-corrected chi connectivity index (χ4v) is 8.05. The predicted molar refractivity (Wildman–Crippen MR) is 164 cm³/mol. The van der Waals surface area contributed by atoms with E-state index in [-0.39, 0.29) is 10.8 Å². The molecule has 0 saturated carbocycles. The van der Waals surface area contributed by atoms with Gasteiger partial charge in [0.2, 0.25) is 0 Å². The minimum atomic E-state index is -0.116. The molecule has 6 aromatic rings. The van der Waals surface area contributed by atoms with Crippen molar-refractivity contribution in [1.82, 2.24) is 0 Å². The van der Waals surface area contributed by atoms with Crippen molar-refractivity contribution in [2.45, 2.75) is 38.5 Å². The molecule has 38 heavy (non-hydrogen) atoms. The van der Waals surface area contributed by atoms with E-state index in [2.05, 4.69) is 136 Å². The molecular weight excluding hydrogens is 478 g/mol. The maximum Gasteiger partial charge on any atom is 0.0543 e. The quantitative estimate of drug-likeness (QED) is 0.214. The second-order valence-corrected chi connectivity index (χ2v) is 12.9. The SMILES string of the molecule is CC1(C)c2ccccc2N2c3ccc(-c4ccc5sc6ccccc6c5c4)cc3C(C)(C)c3cccc1c32. The highest BCUT2D eigenvalue weighted by Gasteiger charge is 2.45. The molecule has 1 nitrogen and oxygen atoms in total. The van der Waals surface area contributed by atoms with E-state index in [1.807, 2.05) is 11.3 Å². The second kappa shape index (κ2) is 7.36. The molecule has 0 amide bonds. The average molecular weight is 508 g/mol. The maximum absolute atomic E-state index is 2.53. The summed E-state index contributed by atoms with van der Waals surface area (Å²) in [6.45, 7) is 9.53. The van der Waals surface area contributed by atoms with Crippen LogP contribution < -0.4 is 4.90 Å². The molecule has 0 radical (unpaired) electrons. The van der Waals surface area contributed by atoms with Crippen molar-refractivity contribution < 1.29 is 0 Å². The molecule has 2 aliphatic rings. The van der Waals surface area contributed by atoms with E-state index in [1.54, 1.807) is 0 Å². The lowest BCUT2D eigenvalue weighted by atomic mass is 9.66. The fourth-order valence-electron chi connectivity index (χ4n) is 6.97. The van der Waals surface area contributed by atoms with Crippen LogP contribution in [0, 0.1) is 0 Å². The smallest absolute Gasteiger partial charge is 0.0543 e. The molecule has 0 atom stereocenters. The van der Waals surface area contributed by atoms with Gasteiger partial charge in [-0.15, -0.1) is 11.3 Å². The molecule has 184 valence electrons. The average Bonchev–Trinajstić information content (AvgIpc) is 3.31. The zero-order valence-electron chi connectivity index (χ0n) is 22.2. The number of thiophene rings is 1. The molecule has 0 saturated heterocycles. The minimum Gasteiger partial charge on any atom is -0.309 e. The van der Waals surface area contributed by atoms with Crippen LogP contribution in [0.15, 0.2) is 103 Å². The minimum absolute atomic E-state index is 0.0509. The number of benzene rings is 5. The Balaban J connectivity index is 1.37. The highest BCUT2D eigenvalue weighted by molar-refractivity contribution is 7.25. The van der Waals surface area contributed by atoms with Crippen LogP contribution in [0.3, 0.4) is 0 Å². The Morgan fingerprint density at radius 2 is 1.11 bits per heavy atom. The summed E-state index contributed by atoms with van der Waals surface area (Å²) in [5.41, 5.74) is 11.9. The third kappa shape index (κ3) is 2.76. The lowest BCUT2D eigenvalue weighted by molar-refractivity contribution is 0.597. The molecule has 0 spiro atoms. The van der Waals surface area contributed by atoms with Crippen molar-refractivity contribution >= 4 is 48.6 Å². The van der Waals surface area contributed by atoms with E-state index in [1.165, 1.54) is 70.6 Å². The fraction of sp³-hybridized carbons (Fsp3) is 0.167. The summed E-state index contributed by atoms with van der Waals surface area (Å²) >= 11 is 1.88. The van der Waals surface area contributed by atoms with Crippen LogP contribution >= 0.6 is 11.3 Å². The molecule has 2 aliphatic heterocycles. The molecule has 0 N–H and O–H groups in total. The van der Waals surface area contributed by atoms with Gasteiger partial charge in [-0.2, -0.15) is 0 Å². The first-order chi connectivity index (χ1) is 18.4.